The monoisotopic (exact) mass is 282 g/mol. The van der Waals surface area contributed by atoms with Crippen molar-refractivity contribution in [1.29, 1.82) is 0 Å². The first-order valence-electron chi connectivity index (χ1n) is 6.98. The van der Waals surface area contributed by atoms with Crippen molar-refractivity contribution in [3.05, 3.63) is 59.2 Å². The zero-order valence-corrected chi connectivity index (χ0v) is 12.0. The van der Waals surface area contributed by atoms with Gasteiger partial charge in [0.25, 0.3) is 0 Å². The maximum Gasteiger partial charge on any atom is 0.337 e. The highest BCUT2D eigenvalue weighted by molar-refractivity contribution is 5.92. The van der Waals surface area contributed by atoms with E-state index < -0.39 is 0 Å². The molecule has 2 aromatic carbocycles. The van der Waals surface area contributed by atoms with E-state index in [9.17, 15) is 4.79 Å². The SMILES string of the molecule is COC(=O)c1ccc(N2CCc3ccccc3C2)c(N)c1. The molecule has 0 amide bonds. The Morgan fingerprint density at radius 1 is 1.19 bits per heavy atom. The van der Waals surface area contributed by atoms with Crippen molar-refractivity contribution < 1.29 is 9.53 Å². The maximum atomic E-state index is 11.5. The number of esters is 1. The number of carbonyl (C=O) groups excluding carboxylic acids is 1. The molecule has 0 unspecified atom stereocenters. The summed E-state index contributed by atoms with van der Waals surface area (Å²) in [4.78, 5) is 13.8. The number of hydrogen-bond donors (Lipinski definition) is 1. The number of nitrogens with two attached hydrogens (primary N) is 1. The third kappa shape index (κ3) is 2.57. The number of fused-ring (bicyclic) bond motifs is 1. The van der Waals surface area contributed by atoms with Crippen LogP contribution in [0.5, 0.6) is 0 Å². The molecule has 3 rings (SSSR count). The van der Waals surface area contributed by atoms with Gasteiger partial charge in [-0.1, -0.05) is 24.3 Å². The predicted octanol–water partition coefficient (Wildman–Crippen LogP) is 2.62. The number of methoxy groups -OCH3 is 1. The van der Waals surface area contributed by atoms with E-state index in [0.29, 0.717) is 11.3 Å². The zero-order valence-electron chi connectivity index (χ0n) is 12.0. The third-order valence-corrected chi connectivity index (χ3v) is 3.92. The van der Waals surface area contributed by atoms with Crippen LogP contribution < -0.4 is 10.6 Å². The van der Waals surface area contributed by atoms with Crippen molar-refractivity contribution in [2.75, 3.05) is 24.3 Å². The molecule has 108 valence electrons. The molecule has 21 heavy (non-hydrogen) atoms. The second kappa shape index (κ2) is 5.48. The summed E-state index contributed by atoms with van der Waals surface area (Å²) in [6, 6.07) is 13.8. The summed E-state index contributed by atoms with van der Waals surface area (Å²) in [6.07, 6.45) is 1.01. The van der Waals surface area contributed by atoms with Crippen LogP contribution in [-0.2, 0) is 17.7 Å². The molecule has 0 aliphatic carbocycles. The van der Waals surface area contributed by atoms with Gasteiger partial charge >= 0.3 is 5.97 Å². The first kappa shape index (κ1) is 13.5. The number of carbonyl (C=O) groups is 1. The van der Waals surface area contributed by atoms with Crippen LogP contribution in [0.2, 0.25) is 0 Å². The van der Waals surface area contributed by atoms with Crippen molar-refractivity contribution in [2.24, 2.45) is 0 Å². The van der Waals surface area contributed by atoms with Crippen molar-refractivity contribution in [2.45, 2.75) is 13.0 Å². The first-order chi connectivity index (χ1) is 10.2. The van der Waals surface area contributed by atoms with Gasteiger partial charge in [0.1, 0.15) is 0 Å². The van der Waals surface area contributed by atoms with Crippen LogP contribution >= 0.6 is 0 Å². The van der Waals surface area contributed by atoms with Gasteiger partial charge in [-0.3, -0.25) is 0 Å². The Labute approximate surface area is 124 Å². The molecule has 0 spiro atoms. The minimum atomic E-state index is -0.364. The lowest BCUT2D eigenvalue weighted by atomic mass is 9.99. The summed E-state index contributed by atoms with van der Waals surface area (Å²) in [5, 5.41) is 0. The third-order valence-electron chi connectivity index (χ3n) is 3.92. The second-order valence-electron chi connectivity index (χ2n) is 5.21. The van der Waals surface area contributed by atoms with Crippen LogP contribution in [0.4, 0.5) is 11.4 Å². The summed E-state index contributed by atoms with van der Waals surface area (Å²) in [7, 11) is 1.37. The second-order valence-corrected chi connectivity index (χ2v) is 5.21. The predicted molar refractivity (Wildman–Crippen MR) is 83.4 cm³/mol. The summed E-state index contributed by atoms with van der Waals surface area (Å²) in [6.45, 7) is 1.77. The highest BCUT2D eigenvalue weighted by atomic mass is 16.5. The fraction of sp³-hybridized carbons (Fsp3) is 0.235. The number of anilines is 2. The van der Waals surface area contributed by atoms with Crippen LogP contribution in [0, 0.1) is 0 Å². The number of rotatable bonds is 2. The summed E-state index contributed by atoms with van der Waals surface area (Å²) in [5.74, 6) is -0.364. The molecule has 1 aliphatic heterocycles. The van der Waals surface area contributed by atoms with Crippen LogP contribution in [0.1, 0.15) is 21.5 Å². The van der Waals surface area contributed by atoms with Crippen LogP contribution in [0.3, 0.4) is 0 Å². The lowest BCUT2D eigenvalue weighted by Crippen LogP contribution is -2.30. The fourth-order valence-electron chi connectivity index (χ4n) is 2.79. The van der Waals surface area contributed by atoms with Gasteiger partial charge in [-0.05, 0) is 35.7 Å². The van der Waals surface area contributed by atoms with Crippen molar-refractivity contribution >= 4 is 17.3 Å². The number of nitrogen functional groups attached to an aromatic ring is 1. The number of benzene rings is 2. The van der Waals surface area contributed by atoms with E-state index >= 15 is 0 Å². The molecule has 0 saturated carbocycles. The Hall–Kier alpha value is -2.49. The molecule has 1 aliphatic rings. The minimum absolute atomic E-state index is 0.364. The molecule has 2 aromatic rings. The first-order valence-corrected chi connectivity index (χ1v) is 6.98. The van der Waals surface area contributed by atoms with Crippen LogP contribution in [0.15, 0.2) is 42.5 Å². The molecule has 0 atom stereocenters. The van der Waals surface area contributed by atoms with Crippen LogP contribution in [0.25, 0.3) is 0 Å². The maximum absolute atomic E-state index is 11.5. The molecule has 2 N–H and O–H groups in total. The molecule has 0 aromatic heterocycles. The minimum Gasteiger partial charge on any atom is -0.465 e. The summed E-state index contributed by atoms with van der Waals surface area (Å²) >= 11 is 0. The van der Waals surface area contributed by atoms with E-state index in [0.717, 1.165) is 25.2 Å². The Morgan fingerprint density at radius 3 is 2.67 bits per heavy atom. The smallest absolute Gasteiger partial charge is 0.337 e. The summed E-state index contributed by atoms with van der Waals surface area (Å²) in [5.41, 5.74) is 10.9. The molecule has 0 radical (unpaired) electrons. The summed E-state index contributed by atoms with van der Waals surface area (Å²) < 4.78 is 4.71. The lowest BCUT2D eigenvalue weighted by Gasteiger charge is -2.31. The lowest BCUT2D eigenvalue weighted by molar-refractivity contribution is 0.0601. The molecule has 1 heterocycles. The highest BCUT2D eigenvalue weighted by Crippen LogP contribution is 2.29. The number of nitrogens with zero attached hydrogens (tertiary/aromatic N) is 1. The van der Waals surface area contributed by atoms with Crippen molar-refractivity contribution in [3.8, 4) is 0 Å². The standard InChI is InChI=1S/C17H18N2O2/c1-21-17(20)13-6-7-16(15(18)10-13)19-9-8-12-4-2-3-5-14(12)11-19/h2-7,10H,8-9,11,18H2,1H3. The van der Waals surface area contributed by atoms with E-state index in [1.165, 1.54) is 18.2 Å². The highest BCUT2D eigenvalue weighted by Gasteiger charge is 2.18. The Balaban J connectivity index is 1.87. The van der Waals surface area contributed by atoms with E-state index in [-0.39, 0.29) is 5.97 Å². The van der Waals surface area contributed by atoms with Gasteiger partial charge in [0.05, 0.1) is 24.0 Å². The molecule has 0 fully saturated rings. The van der Waals surface area contributed by atoms with E-state index in [4.69, 9.17) is 10.5 Å². The van der Waals surface area contributed by atoms with Gasteiger partial charge in [0.2, 0.25) is 0 Å². The van der Waals surface area contributed by atoms with E-state index in [1.807, 2.05) is 6.07 Å². The van der Waals surface area contributed by atoms with E-state index in [1.54, 1.807) is 12.1 Å². The van der Waals surface area contributed by atoms with Crippen LogP contribution in [-0.4, -0.2) is 19.6 Å². The van der Waals surface area contributed by atoms with E-state index in [2.05, 4.69) is 29.2 Å². The molecular formula is C17H18N2O2. The number of ether oxygens (including phenoxy) is 1. The van der Waals surface area contributed by atoms with Gasteiger partial charge < -0.3 is 15.4 Å². The molecule has 0 saturated heterocycles. The Kier molecular flexibility index (Phi) is 3.52. The largest absolute Gasteiger partial charge is 0.465 e. The average molecular weight is 282 g/mol. The Bertz CT molecular complexity index is 682. The molecule has 4 heteroatoms. The Morgan fingerprint density at radius 2 is 1.95 bits per heavy atom. The van der Waals surface area contributed by atoms with Gasteiger partial charge in [-0.15, -0.1) is 0 Å². The van der Waals surface area contributed by atoms with Gasteiger partial charge in [0.15, 0.2) is 0 Å². The number of hydrogen-bond acceptors (Lipinski definition) is 4. The fourth-order valence-corrected chi connectivity index (χ4v) is 2.79. The van der Waals surface area contributed by atoms with Crippen molar-refractivity contribution in [1.82, 2.24) is 0 Å². The van der Waals surface area contributed by atoms with Gasteiger partial charge in [-0.2, -0.15) is 0 Å². The van der Waals surface area contributed by atoms with Gasteiger partial charge in [-0.25, -0.2) is 4.79 Å². The van der Waals surface area contributed by atoms with Crippen molar-refractivity contribution in [3.63, 3.8) is 0 Å². The average Bonchev–Trinajstić information content (AvgIpc) is 2.53. The quantitative estimate of drug-likeness (QED) is 0.679. The zero-order chi connectivity index (χ0) is 14.8. The van der Waals surface area contributed by atoms with Gasteiger partial charge in [0, 0.05) is 13.1 Å². The molecular weight excluding hydrogens is 264 g/mol. The normalized spacial score (nSPS) is 13.7. The topological polar surface area (TPSA) is 55.6 Å². The molecule has 4 nitrogen and oxygen atoms in total. The molecule has 0 bridgehead atoms.